The number of carbonyl (C=O) groups excluding carboxylic acids is 2. The van der Waals surface area contributed by atoms with Crippen LogP contribution in [0.15, 0.2) is 72.3 Å². The molecule has 8 heteroatoms. The Hall–Kier alpha value is -3.97. The lowest BCUT2D eigenvalue weighted by Crippen LogP contribution is -2.29. The third-order valence-electron chi connectivity index (χ3n) is 6.38. The van der Waals surface area contributed by atoms with Crippen molar-refractivity contribution in [1.29, 1.82) is 0 Å². The Morgan fingerprint density at radius 1 is 1.08 bits per heavy atom. The molecule has 0 aromatic heterocycles. The van der Waals surface area contributed by atoms with Crippen LogP contribution in [0, 0.1) is 0 Å². The Labute approximate surface area is 214 Å². The third kappa shape index (κ3) is 4.16. The molecular weight excluding hydrogens is 480 g/mol. The molecule has 1 atom stereocenters. The molecule has 0 saturated carbocycles. The predicted octanol–water partition coefficient (Wildman–Crippen LogP) is 5.19. The second-order valence-corrected chi connectivity index (χ2v) is 9.04. The maximum atomic E-state index is 13.4. The number of hydrogen-bond acceptors (Lipinski definition) is 6. The van der Waals surface area contributed by atoms with Gasteiger partial charge in [-0.15, -0.1) is 0 Å². The van der Waals surface area contributed by atoms with Crippen molar-refractivity contribution < 1.29 is 24.2 Å². The predicted molar refractivity (Wildman–Crippen MR) is 139 cm³/mol. The van der Waals surface area contributed by atoms with Crippen molar-refractivity contribution in [3.05, 3.63) is 88.5 Å². The summed E-state index contributed by atoms with van der Waals surface area (Å²) in [6.07, 6.45) is 0. The van der Waals surface area contributed by atoms with Gasteiger partial charge in [-0.3, -0.25) is 14.5 Å². The molecule has 2 aliphatic heterocycles. The highest BCUT2D eigenvalue weighted by molar-refractivity contribution is 6.51. The minimum Gasteiger partial charge on any atom is -0.507 e. The fraction of sp³-hybridized carbons (Fsp3) is 0.214. The van der Waals surface area contributed by atoms with Crippen molar-refractivity contribution in [2.24, 2.45) is 0 Å². The van der Waals surface area contributed by atoms with Crippen molar-refractivity contribution in [3.8, 4) is 11.5 Å². The van der Waals surface area contributed by atoms with Crippen LogP contribution < -0.4 is 19.3 Å². The van der Waals surface area contributed by atoms with Gasteiger partial charge in [-0.2, -0.15) is 0 Å². The second kappa shape index (κ2) is 9.59. The zero-order valence-electron chi connectivity index (χ0n) is 19.9. The molecule has 1 unspecified atom stereocenters. The van der Waals surface area contributed by atoms with E-state index in [0.717, 1.165) is 5.69 Å². The smallest absolute Gasteiger partial charge is 0.300 e. The van der Waals surface area contributed by atoms with Crippen LogP contribution in [0.25, 0.3) is 5.76 Å². The average molecular weight is 505 g/mol. The first kappa shape index (κ1) is 23.8. The Bertz CT molecular complexity index is 1350. The number of aliphatic hydroxyl groups excluding tert-OH is 1. The van der Waals surface area contributed by atoms with Gasteiger partial charge in [-0.25, -0.2) is 0 Å². The summed E-state index contributed by atoms with van der Waals surface area (Å²) < 4.78 is 11.3. The van der Waals surface area contributed by atoms with Crippen molar-refractivity contribution in [2.45, 2.75) is 13.0 Å². The largest absolute Gasteiger partial charge is 0.507 e. The summed E-state index contributed by atoms with van der Waals surface area (Å²) in [5.74, 6) is -0.363. The number of likely N-dealkylation sites (N-methyl/N-ethyl adjacent to an activating group) is 1. The number of carbonyl (C=O) groups is 2. The van der Waals surface area contributed by atoms with Crippen LogP contribution in [0.3, 0.4) is 0 Å². The van der Waals surface area contributed by atoms with Crippen LogP contribution in [-0.4, -0.2) is 43.6 Å². The summed E-state index contributed by atoms with van der Waals surface area (Å²) >= 11 is 6.07. The molecule has 0 spiro atoms. The topological polar surface area (TPSA) is 79.3 Å². The fourth-order valence-corrected chi connectivity index (χ4v) is 4.71. The summed E-state index contributed by atoms with van der Waals surface area (Å²) in [6.45, 7) is 3.67. The molecule has 2 aliphatic rings. The lowest BCUT2D eigenvalue weighted by atomic mass is 9.94. The van der Waals surface area contributed by atoms with E-state index in [0.29, 0.717) is 53.1 Å². The number of anilines is 2. The molecule has 0 bridgehead atoms. The van der Waals surface area contributed by atoms with Crippen molar-refractivity contribution in [1.82, 2.24) is 0 Å². The molecule has 36 heavy (non-hydrogen) atoms. The van der Waals surface area contributed by atoms with Crippen LogP contribution in [0.4, 0.5) is 11.4 Å². The molecule has 7 nitrogen and oxygen atoms in total. The van der Waals surface area contributed by atoms with Gasteiger partial charge in [-0.1, -0.05) is 23.7 Å². The summed E-state index contributed by atoms with van der Waals surface area (Å²) in [6, 6.07) is 18.2. The Morgan fingerprint density at radius 2 is 1.81 bits per heavy atom. The Balaban J connectivity index is 1.67. The van der Waals surface area contributed by atoms with E-state index in [-0.39, 0.29) is 11.3 Å². The molecule has 184 valence electrons. The van der Waals surface area contributed by atoms with E-state index in [1.54, 1.807) is 66.7 Å². The van der Waals surface area contributed by atoms with Gasteiger partial charge in [0.2, 0.25) is 0 Å². The van der Waals surface area contributed by atoms with E-state index in [9.17, 15) is 14.7 Å². The number of halogens is 1. The number of aliphatic hydroxyl groups is 1. The van der Waals surface area contributed by atoms with E-state index in [1.807, 2.05) is 18.9 Å². The molecule has 1 N–H and O–H groups in total. The first-order valence-electron chi connectivity index (χ1n) is 11.7. The van der Waals surface area contributed by atoms with Gasteiger partial charge < -0.3 is 19.5 Å². The molecule has 0 radical (unpaired) electrons. The summed E-state index contributed by atoms with van der Waals surface area (Å²) in [4.78, 5) is 30.1. The van der Waals surface area contributed by atoms with E-state index < -0.39 is 17.7 Å². The molecule has 1 amide bonds. The lowest BCUT2D eigenvalue weighted by molar-refractivity contribution is -0.132. The molecule has 3 aromatic rings. The number of rotatable bonds is 5. The van der Waals surface area contributed by atoms with Gasteiger partial charge in [0.05, 0.1) is 30.5 Å². The number of nitrogens with zero attached hydrogens (tertiary/aromatic N) is 2. The molecule has 5 rings (SSSR count). The summed E-state index contributed by atoms with van der Waals surface area (Å²) in [5, 5.41) is 12.0. The van der Waals surface area contributed by atoms with Crippen molar-refractivity contribution in [3.63, 3.8) is 0 Å². The number of ketones is 1. The SMILES string of the molecule is CCOc1ccc(C2/C(=C(/O)c3ccc4c(c3)N(C)CCO4)C(=O)C(=O)N2c2ccc(Cl)cc2)cc1. The average Bonchev–Trinajstić information content (AvgIpc) is 3.15. The zero-order valence-corrected chi connectivity index (χ0v) is 20.7. The van der Waals surface area contributed by atoms with Gasteiger partial charge in [0.15, 0.2) is 0 Å². The number of fused-ring (bicyclic) bond motifs is 1. The second-order valence-electron chi connectivity index (χ2n) is 8.60. The lowest BCUT2D eigenvalue weighted by Gasteiger charge is -2.28. The molecule has 1 fully saturated rings. The van der Waals surface area contributed by atoms with Gasteiger partial charge >= 0.3 is 0 Å². The van der Waals surface area contributed by atoms with Gasteiger partial charge in [-0.05, 0) is 67.1 Å². The number of amides is 1. The van der Waals surface area contributed by atoms with Crippen LogP contribution in [0.5, 0.6) is 11.5 Å². The standard InChI is InChI=1S/C28H25ClN2O5/c1-3-35-21-11-4-17(5-12-21)25-24(27(33)28(34)31(25)20-9-7-19(29)8-10-20)26(32)18-6-13-23-22(16-18)30(2)14-15-36-23/h4-13,16,25,32H,3,14-15H2,1-2H3/b26-24-. The Kier molecular flexibility index (Phi) is 6.33. The highest BCUT2D eigenvalue weighted by Gasteiger charge is 2.47. The highest BCUT2D eigenvalue weighted by Crippen LogP contribution is 2.43. The van der Waals surface area contributed by atoms with Crippen LogP contribution in [-0.2, 0) is 9.59 Å². The van der Waals surface area contributed by atoms with E-state index >= 15 is 0 Å². The molecule has 0 aliphatic carbocycles. The van der Waals surface area contributed by atoms with Crippen LogP contribution in [0.1, 0.15) is 24.1 Å². The van der Waals surface area contributed by atoms with Crippen molar-refractivity contribution in [2.75, 3.05) is 36.6 Å². The summed E-state index contributed by atoms with van der Waals surface area (Å²) in [5.41, 5.74) is 2.40. The van der Waals surface area contributed by atoms with Gasteiger partial charge in [0, 0.05) is 23.3 Å². The molecule has 2 heterocycles. The molecule has 1 saturated heterocycles. The summed E-state index contributed by atoms with van der Waals surface area (Å²) in [7, 11) is 1.94. The van der Waals surface area contributed by atoms with Crippen molar-refractivity contribution >= 4 is 40.4 Å². The minimum atomic E-state index is -0.841. The van der Waals surface area contributed by atoms with Crippen LogP contribution >= 0.6 is 11.6 Å². The molecule has 3 aromatic carbocycles. The third-order valence-corrected chi connectivity index (χ3v) is 6.64. The minimum absolute atomic E-state index is 0.0124. The zero-order chi connectivity index (χ0) is 25.4. The molecular formula is C28H25ClN2O5. The monoisotopic (exact) mass is 504 g/mol. The quantitative estimate of drug-likeness (QED) is 0.292. The van der Waals surface area contributed by atoms with E-state index in [4.69, 9.17) is 21.1 Å². The number of Topliss-reactive ketones (excluding diaryl/α,β-unsaturated/α-hetero) is 1. The number of ether oxygens (including phenoxy) is 2. The first-order chi connectivity index (χ1) is 17.4. The van der Waals surface area contributed by atoms with E-state index in [1.165, 1.54) is 4.90 Å². The normalized spacial score (nSPS) is 18.7. The maximum Gasteiger partial charge on any atom is 0.300 e. The fourth-order valence-electron chi connectivity index (χ4n) is 4.58. The first-order valence-corrected chi connectivity index (χ1v) is 12.0. The Morgan fingerprint density at radius 3 is 2.50 bits per heavy atom. The van der Waals surface area contributed by atoms with E-state index in [2.05, 4.69) is 0 Å². The van der Waals surface area contributed by atoms with Gasteiger partial charge in [0.25, 0.3) is 11.7 Å². The number of hydrogen-bond donors (Lipinski definition) is 1. The maximum absolute atomic E-state index is 13.4. The van der Waals surface area contributed by atoms with Gasteiger partial charge in [0.1, 0.15) is 23.9 Å². The highest BCUT2D eigenvalue weighted by atomic mass is 35.5. The van der Waals surface area contributed by atoms with Crippen LogP contribution in [0.2, 0.25) is 5.02 Å². The number of benzene rings is 3.